The van der Waals surface area contributed by atoms with Gasteiger partial charge in [0.05, 0.1) is 6.61 Å². The summed E-state index contributed by atoms with van der Waals surface area (Å²) in [6.45, 7) is 8.98. The zero-order valence-electron chi connectivity index (χ0n) is 15.9. The molecule has 0 spiro atoms. The summed E-state index contributed by atoms with van der Waals surface area (Å²) in [6, 6.07) is 15.6. The van der Waals surface area contributed by atoms with E-state index in [1.807, 2.05) is 48.5 Å². The second kappa shape index (κ2) is 10.3. The van der Waals surface area contributed by atoms with E-state index in [9.17, 15) is 4.79 Å². The summed E-state index contributed by atoms with van der Waals surface area (Å²) in [5.74, 6) is 0.702. The standard InChI is InChI=1S/C22H28N2O2/c1-4-17-26-21-14-7-18(8-15-21)9-16-22(25)23-19-10-12-20(13-11-19)24(5-2)6-3/h7-16H,4-6,17H2,1-3H3,(H,23,25). The number of carbonyl (C=O) groups excluding carboxylic acids is 1. The van der Waals surface area contributed by atoms with Gasteiger partial charge >= 0.3 is 0 Å². The van der Waals surface area contributed by atoms with E-state index in [-0.39, 0.29) is 5.91 Å². The third-order valence-corrected chi connectivity index (χ3v) is 4.04. The van der Waals surface area contributed by atoms with E-state index in [1.165, 1.54) is 0 Å². The molecule has 1 amide bonds. The summed E-state index contributed by atoms with van der Waals surface area (Å²) in [7, 11) is 0. The van der Waals surface area contributed by atoms with Crippen LogP contribution in [0.15, 0.2) is 54.6 Å². The molecule has 138 valence electrons. The minimum absolute atomic E-state index is 0.146. The Morgan fingerprint density at radius 2 is 1.65 bits per heavy atom. The van der Waals surface area contributed by atoms with E-state index < -0.39 is 0 Å². The molecule has 0 fully saturated rings. The van der Waals surface area contributed by atoms with E-state index in [1.54, 1.807) is 12.2 Å². The molecule has 2 aromatic carbocycles. The van der Waals surface area contributed by atoms with Crippen molar-refractivity contribution < 1.29 is 9.53 Å². The molecule has 0 aliphatic rings. The molecule has 0 bridgehead atoms. The van der Waals surface area contributed by atoms with Gasteiger partial charge in [-0.15, -0.1) is 0 Å². The minimum atomic E-state index is -0.146. The molecule has 2 aromatic rings. The van der Waals surface area contributed by atoms with Gasteiger partial charge < -0.3 is 15.0 Å². The van der Waals surface area contributed by atoms with Crippen molar-refractivity contribution in [1.29, 1.82) is 0 Å². The first-order chi connectivity index (χ1) is 12.7. The second-order valence-corrected chi connectivity index (χ2v) is 5.96. The molecule has 0 aliphatic carbocycles. The summed E-state index contributed by atoms with van der Waals surface area (Å²) in [5.41, 5.74) is 2.91. The molecule has 0 saturated carbocycles. The quantitative estimate of drug-likeness (QED) is 0.648. The van der Waals surface area contributed by atoms with Crippen LogP contribution < -0.4 is 15.0 Å². The zero-order valence-corrected chi connectivity index (χ0v) is 15.9. The van der Waals surface area contributed by atoms with Crippen molar-refractivity contribution in [1.82, 2.24) is 0 Å². The smallest absolute Gasteiger partial charge is 0.248 e. The Kier molecular flexibility index (Phi) is 7.75. The third kappa shape index (κ3) is 5.96. The monoisotopic (exact) mass is 352 g/mol. The van der Waals surface area contributed by atoms with Crippen molar-refractivity contribution >= 4 is 23.4 Å². The van der Waals surface area contributed by atoms with Gasteiger partial charge in [-0.05, 0) is 68.3 Å². The number of rotatable bonds is 9. The zero-order chi connectivity index (χ0) is 18.8. The van der Waals surface area contributed by atoms with Gasteiger partial charge in [0.15, 0.2) is 0 Å². The summed E-state index contributed by atoms with van der Waals surface area (Å²) in [4.78, 5) is 14.4. The van der Waals surface area contributed by atoms with Crippen molar-refractivity contribution in [2.75, 3.05) is 29.9 Å². The molecule has 0 atom stereocenters. The highest BCUT2D eigenvalue weighted by Crippen LogP contribution is 2.18. The predicted molar refractivity (Wildman–Crippen MR) is 110 cm³/mol. The number of carbonyl (C=O) groups is 1. The van der Waals surface area contributed by atoms with Gasteiger partial charge in [0.25, 0.3) is 0 Å². The molecule has 1 N–H and O–H groups in total. The Labute approximate surface area is 156 Å². The summed E-state index contributed by atoms with van der Waals surface area (Å²) < 4.78 is 5.55. The van der Waals surface area contributed by atoms with Crippen LogP contribution in [-0.2, 0) is 4.79 Å². The van der Waals surface area contributed by atoms with Crippen LogP contribution in [0.3, 0.4) is 0 Å². The van der Waals surface area contributed by atoms with Crippen LogP contribution in [0.2, 0.25) is 0 Å². The molecule has 4 heteroatoms. The Morgan fingerprint density at radius 3 is 2.23 bits per heavy atom. The number of amides is 1. The van der Waals surface area contributed by atoms with Crippen LogP contribution in [0.4, 0.5) is 11.4 Å². The fourth-order valence-electron chi connectivity index (χ4n) is 2.60. The average Bonchev–Trinajstić information content (AvgIpc) is 2.68. The maximum absolute atomic E-state index is 12.1. The van der Waals surface area contributed by atoms with Gasteiger partial charge in [0.1, 0.15) is 5.75 Å². The average molecular weight is 352 g/mol. The molecule has 2 rings (SSSR count). The second-order valence-electron chi connectivity index (χ2n) is 5.96. The van der Waals surface area contributed by atoms with Crippen LogP contribution in [0, 0.1) is 0 Å². The molecule has 26 heavy (non-hydrogen) atoms. The van der Waals surface area contributed by atoms with E-state index in [2.05, 4.69) is 31.0 Å². The van der Waals surface area contributed by atoms with Gasteiger partial charge in [-0.25, -0.2) is 0 Å². The van der Waals surface area contributed by atoms with Crippen molar-refractivity contribution in [3.8, 4) is 5.75 Å². The van der Waals surface area contributed by atoms with Gasteiger partial charge in [-0.2, -0.15) is 0 Å². The Hall–Kier alpha value is -2.75. The maximum atomic E-state index is 12.1. The van der Waals surface area contributed by atoms with Gasteiger partial charge in [0.2, 0.25) is 5.91 Å². The van der Waals surface area contributed by atoms with Crippen molar-refractivity contribution in [3.63, 3.8) is 0 Å². The lowest BCUT2D eigenvalue weighted by atomic mass is 10.2. The lowest BCUT2D eigenvalue weighted by Gasteiger charge is -2.21. The molecule has 0 aromatic heterocycles. The topological polar surface area (TPSA) is 41.6 Å². The molecule has 0 aliphatic heterocycles. The van der Waals surface area contributed by atoms with Gasteiger partial charge in [-0.3, -0.25) is 4.79 Å². The van der Waals surface area contributed by atoms with E-state index in [0.29, 0.717) is 6.61 Å². The third-order valence-electron chi connectivity index (χ3n) is 4.04. The lowest BCUT2D eigenvalue weighted by molar-refractivity contribution is -0.111. The first kappa shape index (κ1) is 19.6. The van der Waals surface area contributed by atoms with Crippen molar-refractivity contribution in [2.24, 2.45) is 0 Å². The van der Waals surface area contributed by atoms with Crippen LogP contribution in [0.5, 0.6) is 5.75 Å². The minimum Gasteiger partial charge on any atom is -0.494 e. The molecular formula is C22H28N2O2. The number of hydrogen-bond donors (Lipinski definition) is 1. The van der Waals surface area contributed by atoms with Gasteiger partial charge in [-0.1, -0.05) is 19.1 Å². The molecule has 0 radical (unpaired) electrons. The Balaban J connectivity index is 1.90. The number of anilines is 2. The fourth-order valence-corrected chi connectivity index (χ4v) is 2.60. The largest absolute Gasteiger partial charge is 0.494 e. The van der Waals surface area contributed by atoms with Crippen molar-refractivity contribution in [2.45, 2.75) is 27.2 Å². The molecule has 0 unspecified atom stereocenters. The Bertz CT molecular complexity index is 702. The number of ether oxygens (including phenoxy) is 1. The van der Waals surface area contributed by atoms with Crippen LogP contribution in [0.1, 0.15) is 32.8 Å². The first-order valence-electron chi connectivity index (χ1n) is 9.23. The molecule has 0 saturated heterocycles. The summed E-state index contributed by atoms with van der Waals surface area (Å²) >= 11 is 0. The van der Waals surface area contributed by atoms with Crippen LogP contribution in [0.25, 0.3) is 6.08 Å². The number of benzene rings is 2. The van der Waals surface area contributed by atoms with Gasteiger partial charge in [0, 0.05) is 30.5 Å². The van der Waals surface area contributed by atoms with E-state index >= 15 is 0 Å². The van der Waals surface area contributed by atoms with Crippen LogP contribution in [-0.4, -0.2) is 25.6 Å². The highest BCUT2D eigenvalue weighted by Gasteiger charge is 2.03. The highest BCUT2D eigenvalue weighted by atomic mass is 16.5. The maximum Gasteiger partial charge on any atom is 0.248 e. The first-order valence-corrected chi connectivity index (χ1v) is 9.23. The van der Waals surface area contributed by atoms with E-state index in [0.717, 1.165) is 42.2 Å². The fraction of sp³-hybridized carbons (Fsp3) is 0.318. The lowest BCUT2D eigenvalue weighted by Crippen LogP contribution is -2.21. The normalized spacial score (nSPS) is 10.7. The summed E-state index contributed by atoms with van der Waals surface area (Å²) in [6.07, 6.45) is 4.32. The number of nitrogens with zero attached hydrogens (tertiary/aromatic N) is 1. The Morgan fingerprint density at radius 1 is 1.00 bits per heavy atom. The van der Waals surface area contributed by atoms with E-state index in [4.69, 9.17) is 4.74 Å². The molecular weight excluding hydrogens is 324 g/mol. The molecule has 4 nitrogen and oxygen atoms in total. The number of nitrogens with one attached hydrogen (secondary N) is 1. The van der Waals surface area contributed by atoms with Crippen molar-refractivity contribution in [3.05, 3.63) is 60.2 Å². The SMILES string of the molecule is CCCOc1ccc(C=CC(=O)Nc2ccc(N(CC)CC)cc2)cc1. The predicted octanol–water partition coefficient (Wildman–Crippen LogP) is 4.97. The summed E-state index contributed by atoms with van der Waals surface area (Å²) in [5, 5.41) is 2.88. The number of hydrogen-bond acceptors (Lipinski definition) is 3. The molecule has 0 heterocycles. The highest BCUT2D eigenvalue weighted by molar-refractivity contribution is 6.02. The van der Waals surface area contributed by atoms with Crippen LogP contribution >= 0.6 is 0 Å².